The zero-order valence-electron chi connectivity index (χ0n) is 13.9. The number of hydrogen-bond donors (Lipinski definition) is 0. The number of aromatic nitrogens is 4. The maximum atomic E-state index is 12.9. The third-order valence-corrected chi connectivity index (χ3v) is 4.13. The van der Waals surface area contributed by atoms with Gasteiger partial charge < -0.3 is 14.4 Å². The molecule has 1 aliphatic heterocycles. The smallest absolute Gasteiger partial charge is 0.245 e. The summed E-state index contributed by atoms with van der Waals surface area (Å²) < 4.78 is 26.0. The zero-order chi connectivity index (χ0) is 16.9. The number of likely N-dealkylation sites (N-methyl/N-ethyl adjacent to an activating group) is 1. The molecule has 7 nitrogen and oxygen atoms in total. The van der Waals surface area contributed by atoms with E-state index in [-0.39, 0.29) is 18.0 Å². The molecule has 0 N–H and O–H groups in total. The molecule has 3 rings (SSSR count). The monoisotopic (exact) mass is 335 g/mol. The van der Waals surface area contributed by atoms with Crippen LogP contribution in [0.4, 0.5) is 10.3 Å². The normalized spacial score (nSPS) is 20.8. The van der Waals surface area contributed by atoms with Gasteiger partial charge in [0.1, 0.15) is 18.2 Å². The quantitative estimate of drug-likeness (QED) is 0.805. The second-order valence-corrected chi connectivity index (χ2v) is 6.01. The topological polar surface area (TPSA) is 65.3 Å². The van der Waals surface area contributed by atoms with E-state index in [1.54, 1.807) is 12.1 Å². The van der Waals surface area contributed by atoms with E-state index in [4.69, 9.17) is 9.47 Å². The van der Waals surface area contributed by atoms with Crippen molar-refractivity contribution in [3.8, 4) is 5.75 Å². The Labute approximate surface area is 140 Å². The van der Waals surface area contributed by atoms with Gasteiger partial charge in [-0.25, -0.2) is 9.07 Å². The molecule has 1 aromatic heterocycles. The van der Waals surface area contributed by atoms with E-state index in [9.17, 15) is 4.39 Å². The van der Waals surface area contributed by atoms with Crippen molar-refractivity contribution in [1.29, 1.82) is 0 Å². The Morgan fingerprint density at radius 2 is 2.17 bits per heavy atom. The van der Waals surface area contributed by atoms with Gasteiger partial charge in [-0.2, -0.15) is 0 Å². The minimum atomic E-state index is -0.274. The predicted molar refractivity (Wildman–Crippen MR) is 86.7 cm³/mol. The van der Waals surface area contributed by atoms with Crippen LogP contribution in [0.5, 0.6) is 5.75 Å². The van der Waals surface area contributed by atoms with Crippen molar-refractivity contribution in [2.75, 3.05) is 31.7 Å². The van der Waals surface area contributed by atoms with Crippen LogP contribution in [0.25, 0.3) is 0 Å². The van der Waals surface area contributed by atoms with Crippen molar-refractivity contribution in [2.24, 2.45) is 0 Å². The lowest BCUT2D eigenvalue weighted by atomic mass is 10.0. The number of anilines is 1. The standard InChI is InChI=1S/C16H22FN5O2/c1-12-11-14(7-9-23-12)22-16(18-19-20-22)21(2)8-10-24-15-5-3-13(17)4-6-15/h3-6,12,14H,7-11H2,1-2H3. The van der Waals surface area contributed by atoms with Crippen LogP contribution in [0.15, 0.2) is 24.3 Å². The average molecular weight is 335 g/mol. The number of benzene rings is 1. The van der Waals surface area contributed by atoms with Crippen LogP contribution >= 0.6 is 0 Å². The van der Waals surface area contributed by atoms with Gasteiger partial charge in [0.25, 0.3) is 0 Å². The summed E-state index contributed by atoms with van der Waals surface area (Å²) in [5.41, 5.74) is 0. The number of ether oxygens (including phenoxy) is 2. The number of hydrogen-bond acceptors (Lipinski definition) is 6. The van der Waals surface area contributed by atoms with Crippen LogP contribution < -0.4 is 9.64 Å². The van der Waals surface area contributed by atoms with Crippen LogP contribution in [0.3, 0.4) is 0 Å². The summed E-state index contributed by atoms with van der Waals surface area (Å²) in [7, 11) is 1.93. The highest BCUT2D eigenvalue weighted by Gasteiger charge is 2.25. The van der Waals surface area contributed by atoms with E-state index in [0.29, 0.717) is 18.9 Å². The predicted octanol–water partition coefficient (Wildman–Crippen LogP) is 2.07. The molecule has 0 bridgehead atoms. The Morgan fingerprint density at radius 1 is 1.38 bits per heavy atom. The first-order valence-corrected chi connectivity index (χ1v) is 8.12. The molecule has 0 saturated carbocycles. The van der Waals surface area contributed by atoms with E-state index in [2.05, 4.69) is 22.4 Å². The van der Waals surface area contributed by atoms with Gasteiger partial charge in [-0.05, 0) is 54.5 Å². The van der Waals surface area contributed by atoms with E-state index in [1.807, 2.05) is 16.6 Å². The van der Waals surface area contributed by atoms with Gasteiger partial charge >= 0.3 is 0 Å². The van der Waals surface area contributed by atoms with E-state index >= 15 is 0 Å². The van der Waals surface area contributed by atoms with Crippen molar-refractivity contribution in [3.05, 3.63) is 30.1 Å². The maximum Gasteiger partial charge on any atom is 0.245 e. The highest BCUT2D eigenvalue weighted by Crippen LogP contribution is 2.26. The van der Waals surface area contributed by atoms with Gasteiger partial charge in [-0.1, -0.05) is 5.10 Å². The molecule has 2 unspecified atom stereocenters. The Bertz CT molecular complexity index is 648. The molecule has 24 heavy (non-hydrogen) atoms. The first kappa shape index (κ1) is 16.6. The number of nitrogens with zero attached hydrogens (tertiary/aromatic N) is 5. The molecule has 0 amide bonds. The number of tetrazole rings is 1. The molecule has 0 aliphatic carbocycles. The Hall–Kier alpha value is -2.22. The summed E-state index contributed by atoms with van der Waals surface area (Å²) in [5, 5.41) is 12.1. The second-order valence-electron chi connectivity index (χ2n) is 6.01. The van der Waals surface area contributed by atoms with Gasteiger partial charge in [0, 0.05) is 13.7 Å². The molecule has 8 heteroatoms. The molecule has 1 fully saturated rings. The molecule has 1 saturated heterocycles. The molecule has 1 aliphatic rings. The fourth-order valence-corrected chi connectivity index (χ4v) is 2.80. The average Bonchev–Trinajstić information content (AvgIpc) is 3.06. The highest BCUT2D eigenvalue weighted by molar-refractivity contribution is 5.27. The van der Waals surface area contributed by atoms with Crippen molar-refractivity contribution >= 4 is 5.95 Å². The third kappa shape index (κ3) is 4.00. The van der Waals surface area contributed by atoms with Crippen molar-refractivity contribution in [3.63, 3.8) is 0 Å². The minimum absolute atomic E-state index is 0.216. The fraction of sp³-hybridized carbons (Fsp3) is 0.562. The second kappa shape index (κ2) is 7.57. The van der Waals surface area contributed by atoms with Gasteiger partial charge in [-0.3, -0.25) is 0 Å². The fourth-order valence-electron chi connectivity index (χ4n) is 2.80. The lowest BCUT2D eigenvalue weighted by molar-refractivity contribution is 0.00343. The maximum absolute atomic E-state index is 12.9. The zero-order valence-corrected chi connectivity index (χ0v) is 13.9. The molecule has 0 radical (unpaired) electrons. The molecule has 0 spiro atoms. The lowest BCUT2D eigenvalue weighted by Gasteiger charge is -2.29. The lowest BCUT2D eigenvalue weighted by Crippen LogP contribution is -2.31. The molecular weight excluding hydrogens is 313 g/mol. The molecule has 130 valence electrons. The van der Waals surface area contributed by atoms with Crippen LogP contribution in [-0.4, -0.2) is 53.1 Å². The van der Waals surface area contributed by atoms with Crippen LogP contribution in [0.2, 0.25) is 0 Å². The number of rotatable bonds is 6. The summed E-state index contributed by atoms with van der Waals surface area (Å²) in [4.78, 5) is 1.96. The van der Waals surface area contributed by atoms with Gasteiger partial charge in [0.05, 0.1) is 18.7 Å². The van der Waals surface area contributed by atoms with Crippen LogP contribution in [0, 0.1) is 5.82 Å². The molecule has 2 aromatic rings. The molecule has 1 aromatic carbocycles. The van der Waals surface area contributed by atoms with Crippen molar-refractivity contribution in [2.45, 2.75) is 31.9 Å². The van der Waals surface area contributed by atoms with Crippen LogP contribution in [-0.2, 0) is 4.74 Å². The molecule has 2 heterocycles. The first-order valence-electron chi connectivity index (χ1n) is 8.12. The van der Waals surface area contributed by atoms with E-state index in [0.717, 1.165) is 25.4 Å². The summed E-state index contributed by atoms with van der Waals surface area (Å²) >= 11 is 0. The Balaban J connectivity index is 1.56. The molecular formula is C16H22FN5O2. The van der Waals surface area contributed by atoms with Crippen molar-refractivity contribution < 1.29 is 13.9 Å². The van der Waals surface area contributed by atoms with Gasteiger partial charge in [0.15, 0.2) is 0 Å². The first-order chi connectivity index (χ1) is 11.6. The van der Waals surface area contributed by atoms with Crippen LogP contribution in [0.1, 0.15) is 25.8 Å². The minimum Gasteiger partial charge on any atom is -0.492 e. The SMILES string of the molecule is CC1CC(n2nnnc2N(C)CCOc2ccc(F)cc2)CCO1. The molecule has 2 atom stereocenters. The Kier molecular flexibility index (Phi) is 5.24. The number of halogens is 1. The summed E-state index contributed by atoms with van der Waals surface area (Å²) in [6, 6.07) is 6.24. The summed E-state index contributed by atoms with van der Waals surface area (Å²) in [6.07, 6.45) is 2.02. The summed E-state index contributed by atoms with van der Waals surface area (Å²) in [5.74, 6) is 1.09. The van der Waals surface area contributed by atoms with Crippen molar-refractivity contribution in [1.82, 2.24) is 20.2 Å². The van der Waals surface area contributed by atoms with Gasteiger partial charge in [-0.15, -0.1) is 0 Å². The van der Waals surface area contributed by atoms with Gasteiger partial charge in [0.2, 0.25) is 5.95 Å². The highest BCUT2D eigenvalue weighted by atomic mass is 19.1. The van der Waals surface area contributed by atoms with E-state index < -0.39 is 0 Å². The third-order valence-electron chi connectivity index (χ3n) is 4.13. The largest absolute Gasteiger partial charge is 0.492 e. The Morgan fingerprint density at radius 3 is 2.92 bits per heavy atom. The summed E-state index contributed by atoms with van der Waals surface area (Å²) in [6.45, 7) is 3.87. The van der Waals surface area contributed by atoms with E-state index in [1.165, 1.54) is 12.1 Å².